The molecule has 1 aliphatic carbocycles. The van der Waals surface area contributed by atoms with Crippen molar-refractivity contribution in [1.82, 2.24) is 15.5 Å². The van der Waals surface area contributed by atoms with E-state index in [9.17, 15) is 0 Å². The predicted molar refractivity (Wildman–Crippen MR) is 69.4 cm³/mol. The van der Waals surface area contributed by atoms with Gasteiger partial charge >= 0.3 is 0 Å². The van der Waals surface area contributed by atoms with Crippen LogP contribution in [0.25, 0.3) is 0 Å². The Hall–Kier alpha value is -0.830. The van der Waals surface area contributed by atoms with Gasteiger partial charge < -0.3 is 5.32 Å². The van der Waals surface area contributed by atoms with E-state index in [0.29, 0.717) is 5.92 Å². The zero-order valence-corrected chi connectivity index (χ0v) is 10.8. The summed E-state index contributed by atoms with van der Waals surface area (Å²) < 4.78 is 0. The van der Waals surface area contributed by atoms with Gasteiger partial charge in [-0.15, -0.1) is 0 Å². The van der Waals surface area contributed by atoms with Gasteiger partial charge in [0.25, 0.3) is 0 Å². The maximum atomic E-state index is 4.63. The first-order valence-corrected chi connectivity index (χ1v) is 7.11. The third-order valence-electron chi connectivity index (χ3n) is 4.51. The van der Waals surface area contributed by atoms with Crippen LogP contribution in [0.2, 0.25) is 0 Å². The van der Waals surface area contributed by atoms with Gasteiger partial charge in [-0.3, -0.25) is 5.10 Å². The fraction of sp³-hybridized carbons (Fsp3) is 0.786. The Morgan fingerprint density at radius 1 is 1.00 bits per heavy atom. The van der Waals surface area contributed by atoms with Crippen molar-refractivity contribution in [2.75, 3.05) is 13.1 Å². The number of H-pyrrole nitrogens is 1. The molecule has 3 nitrogen and oxygen atoms in total. The molecule has 3 heteroatoms. The summed E-state index contributed by atoms with van der Waals surface area (Å²) >= 11 is 0. The second-order valence-electron chi connectivity index (χ2n) is 5.65. The second kappa shape index (κ2) is 4.81. The van der Waals surface area contributed by atoms with E-state index in [0.717, 1.165) is 19.0 Å². The summed E-state index contributed by atoms with van der Waals surface area (Å²) in [4.78, 5) is 0. The molecule has 2 aliphatic rings. The number of hydrogen-bond acceptors (Lipinski definition) is 2. The number of nitrogens with one attached hydrogen (secondary N) is 2. The number of piperidine rings is 1. The standard InChI is InChI=1S/C14H23N3/c1-10-13(11-4-2-3-5-11)14(17-16-10)12-6-8-15-9-7-12/h11-12,15H,2-9H2,1H3,(H,16,17). The van der Waals surface area contributed by atoms with Gasteiger partial charge in [-0.25, -0.2) is 0 Å². The molecule has 0 unspecified atom stereocenters. The fourth-order valence-corrected chi connectivity index (χ4v) is 3.59. The van der Waals surface area contributed by atoms with Crippen molar-refractivity contribution in [2.24, 2.45) is 0 Å². The van der Waals surface area contributed by atoms with E-state index in [1.54, 1.807) is 5.56 Å². The SMILES string of the molecule is Cc1[nH]nc(C2CCNCC2)c1C1CCCC1. The number of aromatic amines is 1. The summed E-state index contributed by atoms with van der Waals surface area (Å²) in [6.07, 6.45) is 8.06. The number of nitrogens with zero attached hydrogens (tertiary/aromatic N) is 1. The normalized spacial score (nSPS) is 23.4. The molecule has 1 aromatic rings. The summed E-state index contributed by atoms with van der Waals surface area (Å²) in [6, 6.07) is 0. The van der Waals surface area contributed by atoms with Crippen LogP contribution in [0.5, 0.6) is 0 Å². The van der Waals surface area contributed by atoms with E-state index in [-0.39, 0.29) is 0 Å². The summed E-state index contributed by atoms with van der Waals surface area (Å²) in [5, 5.41) is 11.3. The largest absolute Gasteiger partial charge is 0.317 e. The molecular weight excluding hydrogens is 210 g/mol. The first-order valence-electron chi connectivity index (χ1n) is 7.11. The highest BCUT2D eigenvalue weighted by molar-refractivity contribution is 5.32. The van der Waals surface area contributed by atoms with Gasteiger partial charge in [0, 0.05) is 11.6 Å². The molecule has 1 saturated carbocycles. The predicted octanol–water partition coefficient (Wildman–Crippen LogP) is 2.84. The number of rotatable bonds is 2. The minimum Gasteiger partial charge on any atom is -0.317 e. The molecule has 1 aliphatic heterocycles. The quantitative estimate of drug-likeness (QED) is 0.824. The van der Waals surface area contributed by atoms with Gasteiger partial charge in [-0.05, 0) is 57.2 Å². The van der Waals surface area contributed by atoms with Gasteiger partial charge in [-0.2, -0.15) is 5.10 Å². The van der Waals surface area contributed by atoms with Crippen LogP contribution in [0, 0.1) is 6.92 Å². The number of aryl methyl sites for hydroxylation is 1. The van der Waals surface area contributed by atoms with Crippen LogP contribution in [-0.4, -0.2) is 23.3 Å². The Morgan fingerprint density at radius 2 is 1.71 bits per heavy atom. The molecule has 0 bridgehead atoms. The molecule has 17 heavy (non-hydrogen) atoms. The van der Waals surface area contributed by atoms with E-state index in [1.165, 1.54) is 49.9 Å². The molecule has 0 amide bonds. The smallest absolute Gasteiger partial charge is 0.0691 e. The van der Waals surface area contributed by atoms with Crippen LogP contribution in [0.4, 0.5) is 0 Å². The molecule has 3 rings (SSSR count). The molecule has 0 spiro atoms. The topological polar surface area (TPSA) is 40.7 Å². The zero-order chi connectivity index (χ0) is 11.7. The Morgan fingerprint density at radius 3 is 2.41 bits per heavy atom. The minimum absolute atomic E-state index is 0.691. The van der Waals surface area contributed by atoms with Crippen LogP contribution >= 0.6 is 0 Å². The summed E-state index contributed by atoms with van der Waals surface area (Å²) in [5.74, 6) is 1.48. The van der Waals surface area contributed by atoms with Gasteiger partial charge in [0.05, 0.1) is 5.69 Å². The molecule has 0 radical (unpaired) electrons. The first-order chi connectivity index (χ1) is 8.36. The van der Waals surface area contributed by atoms with Crippen molar-refractivity contribution >= 4 is 0 Å². The van der Waals surface area contributed by atoms with E-state index < -0.39 is 0 Å². The van der Waals surface area contributed by atoms with Gasteiger partial charge in [0.1, 0.15) is 0 Å². The van der Waals surface area contributed by atoms with E-state index >= 15 is 0 Å². The van der Waals surface area contributed by atoms with Gasteiger partial charge in [0.15, 0.2) is 0 Å². The molecule has 0 aromatic carbocycles. The van der Waals surface area contributed by atoms with Crippen LogP contribution in [0.3, 0.4) is 0 Å². The van der Waals surface area contributed by atoms with Gasteiger partial charge in [-0.1, -0.05) is 12.8 Å². The van der Waals surface area contributed by atoms with Crippen molar-refractivity contribution in [1.29, 1.82) is 0 Å². The fourth-order valence-electron chi connectivity index (χ4n) is 3.59. The average molecular weight is 233 g/mol. The van der Waals surface area contributed by atoms with E-state index in [4.69, 9.17) is 0 Å². The van der Waals surface area contributed by atoms with Crippen molar-refractivity contribution in [3.63, 3.8) is 0 Å². The average Bonchev–Trinajstić information content (AvgIpc) is 2.99. The Balaban J connectivity index is 1.87. The van der Waals surface area contributed by atoms with Crippen molar-refractivity contribution < 1.29 is 0 Å². The highest BCUT2D eigenvalue weighted by atomic mass is 15.1. The second-order valence-corrected chi connectivity index (χ2v) is 5.65. The monoisotopic (exact) mass is 233 g/mol. The Kier molecular flexibility index (Phi) is 3.19. The third-order valence-corrected chi connectivity index (χ3v) is 4.51. The lowest BCUT2D eigenvalue weighted by Crippen LogP contribution is -2.27. The molecule has 1 aromatic heterocycles. The Bertz CT molecular complexity index is 371. The maximum Gasteiger partial charge on any atom is 0.0691 e. The van der Waals surface area contributed by atoms with Crippen molar-refractivity contribution in [3.8, 4) is 0 Å². The van der Waals surface area contributed by atoms with E-state index in [2.05, 4.69) is 22.4 Å². The summed E-state index contributed by atoms with van der Waals surface area (Å²) in [5.41, 5.74) is 4.30. The lowest BCUT2D eigenvalue weighted by molar-refractivity contribution is 0.448. The Labute approximate surface area is 103 Å². The van der Waals surface area contributed by atoms with Crippen molar-refractivity contribution in [2.45, 2.75) is 57.3 Å². The van der Waals surface area contributed by atoms with Crippen LogP contribution in [0.15, 0.2) is 0 Å². The summed E-state index contributed by atoms with van der Waals surface area (Å²) in [6.45, 7) is 4.51. The highest BCUT2D eigenvalue weighted by Gasteiger charge is 2.28. The maximum absolute atomic E-state index is 4.63. The highest BCUT2D eigenvalue weighted by Crippen LogP contribution is 2.40. The lowest BCUT2D eigenvalue weighted by atomic mass is 9.86. The van der Waals surface area contributed by atoms with E-state index in [1.807, 2.05) is 0 Å². The third kappa shape index (κ3) is 2.13. The molecular formula is C14H23N3. The molecule has 0 atom stereocenters. The molecule has 2 N–H and O–H groups in total. The minimum atomic E-state index is 0.691. The lowest BCUT2D eigenvalue weighted by Gasteiger charge is -2.23. The van der Waals surface area contributed by atoms with Gasteiger partial charge in [0.2, 0.25) is 0 Å². The number of hydrogen-bond donors (Lipinski definition) is 2. The summed E-state index contributed by atoms with van der Waals surface area (Å²) in [7, 11) is 0. The number of aromatic nitrogens is 2. The molecule has 94 valence electrons. The molecule has 2 heterocycles. The van der Waals surface area contributed by atoms with Crippen LogP contribution in [-0.2, 0) is 0 Å². The molecule has 2 fully saturated rings. The van der Waals surface area contributed by atoms with Crippen LogP contribution in [0.1, 0.15) is 67.3 Å². The zero-order valence-electron chi connectivity index (χ0n) is 10.8. The molecule has 1 saturated heterocycles. The van der Waals surface area contributed by atoms with Crippen LogP contribution < -0.4 is 5.32 Å². The van der Waals surface area contributed by atoms with Crippen molar-refractivity contribution in [3.05, 3.63) is 17.0 Å². The first kappa shape index (κ1) is 11.3.